The molecule has 0 aliphatic carbocycles. The van der Waals surface area contributed by atoms with Crippen LogP contribution in [0.2, 0.25) is 0 Å². The third-order valence-electron chi connectivity index (χ3n) is 5.14. The van der Waals surface area contributed by atoms with Crippen LogP contribution in [0.3, 0.4) is 0 Å². The van der Waals surface area contributed by atoms with E-state index < -0.39 is 17.6 Å². The van der Waals surface area contributed by atoms with Gasteiger partial charge in [0.1, 0.15) is 17.4 Å². The fraction of sp³-hybridized carbons (Fsp3) is 0.364. The Labute approximate surface area is 168 Å². The molecular formula is C22H24F2N2O3. The number of carbonyl (C=O) groups excluding carboxylic acids is 2. The molecule has 2 unspecified atom stereocenters. The predicted molar refractivity (Wildman–Crippen MR) is 106 cm³/mol. The molecule has 0 aromatic heterocycles. The third kappa shape index (κ3) is 4.55. The summed E-state index contributed by atoms with van der Waals surface area (Å²) in [5, 5.41) is 3.02. The maximum absolute atomic E-state index is 14.1. The van der Waals surface area contributed by atoms with Gasteiger partial charge in [0.25, 0.3) is 0 Å². The number of hydrogen-bond acceptors (Lipinski definition) is 3. The van der Waals surface area contributed by atoms with E-state index in [1.807, 2.05) is 38.1 Å². The number of ether oxygens (including phenoxy) is 1. The molecule has 1 aliphatic heterocycles. The van der Waals surface area contributed by atoms with Gasteiger partial charge in [0.2, 0.25) is 11.8 Å². The number of methoxy groups -OCH3 is 1. The molecule has 154 valence electrons. The molecule has 7 heteroatoms. The molecule has 1 fully saturated rings. The second kappa shape index (κ2) is 8.59. The number of rotatable bonds is 6. The summed E-state index contributed by atoms with van der Waals surface area (Å²) in [5.74, 6) is -1.93. The average molecular weight is 402 g/mol. The summed E-state index contributed by atoms with van der Waals surface area (Å²) in [6, 6.07) is 10.3. The van der Waals surface area contributed by atoms with Crippen LogP contribution in [-0.2, 0) is 9.59 Å². The van der Waals surface area contributed by atoms with Gasteiger partial charge in [-0.25, -0.2) is 8.78 Å². The zero-order valence-electron chi connectivity index (χ0n) is 16.6. The molecule has 0 bridgehead atoms. The van der Waals surface area contributed by atoms with E-state index in [4.69, 9.17) is 4.74 Å². The molecule has 0 spiro atoms. The molecule has 2 atom stereocenters. The summed E-state index contributed by atoms with van der Waals surface area (Å²) in [4.78, 5) is 26.4. The summed E-state index contributed by atoms with van der Waals surface area (Å²) >= 11 is 0. The minimum absolute atomic E-state index is 0.0118. The predicted octanol–water partition coefficient (Wildman–Crippen LogP) is 3.84. The topological polar surface area (TPSA) is 58.6 Å². The smallest absolute Gasteiger partial charge is 0.227 e. The van der Waals surface area contributed by atoms with E-state index in [-0.39, 0.29) is 42.4 Å². The molecule has 2 aromatic carbocycles. The molecule has 0 saturated carbocycles. The van der Waals surface area contributed by atoms with E-state index >= 15 is 0 Å². The molecule has 0 radical (unpaired) electrons. The lowest BCUT2D eigenvalue weighted by Crippen LogP contribution is -2.37. The van der Waals surface area contributed by atoms with E-state index in [0.717, 1.165) is 23.4 Å². The van der Waals surface area contributed by atoms with Crippen LogP contribution in [0.5, 0.6) is 5.75 Å². The summed E-state index contributed by atoms with van der Waals surface area (Å²) in [5.41, 5.74) is 0.919. The highest BCUT2D eigenvalue weighted by Crippen LogP contribution is 2.30. The quantitative estimate of drug-likeness (QED) is 0.799. The summed E-state index contributed by atoms with van der Waals surface area (Å²) in [7, 11) is 1.59. The summed E-state index contributed by atoms with van der Waals surface area (Å²) < 4.78 is 32.4. The zero-order valence-corrected chi connectivity index (χ0v) is 16.6. The van der Waals surface area contributed by atoms with Crippen LogP contribution in [-0.4, -0.2) is 25.5 Å². The second-order valence-corrected chi connectivity index (χ2v) is 7.50. The van der Waals surface area contributed by atoms with Crippen LogP contribution in [0.25, 0.3) is 0 Å². The zero-order chi connectivity index (χ0) is 21.1. The molecule has 1 N–H and O–H groups in total. The van der Waals surface area contributed by atoms with Crippen molar-refractivity contribution in [2.45, 2.75) is 26.3 Å². The van der Waals surface area contributed by atoms with Gasteiger partial charge in [0.15, 0.2) is 0 Å². The lowest BCUT2D eigenvalue weighted by atomic mass is 9.95. The lowest BCUT2D eigenvalue weighted by Gasteiger charge is -2.25. The Morgan fingerprint density at radius 1 is 1.17 bits per heavy atom. The number of nitrogens with one attached hydrogen (secondary N) is 1. The van der Waals surface area contributed by atoms with Gasteiger partial charge in [-0.3, -0.25) is 9.59 Å². The minimum atomic E-state index is -0.822. The van der Waals surface area contributed by atoms with Crippen molar-refractivity contribution in [3.05, 3.63) is 59.7 Å². The Hall–Kier alpha value is -2.96. The molecule has 3 rings (SSSR count). The summed E-state index contributed by atoms with van der Waals surface area (Å²) in [6.07, 6.45) is -0.0178. The summed E-state index contributed by atoms with van der Waals surface area (Å²) in [6.45, 7) is 4.05. The van der Waals surface area contributed by atoms with Crippen molar-refractivity contribution in [2.24, 2.45) is 11.8 Å². The number of halogens is 2. The van der Waals surface area contributed by atoms with Crippen LogP contribution in [0.15, 0.2) is 42.5 Å². The Bertz CT molecular complexity index is 899. The first-order valence-electron chi connectivity index (χ1n) is 9.50. The van der Waals surface area contributed by atoms with Crippen LogP contribution < -0.4 is 15.0 Å². The van der Waals surface area contributed by atoms with Gasteiger partial charge >= 0.3 is 0 Å². The van der Waals surface area contributed by atoms with E-state index in [1.54, 1.807) is 7.11 Å². The van der Waals surface area contributed by atoms with Crippen molar-refractivity contribution in [2.75, 3.05) is 18.6 Å². The van der Waals surface area contributed by atoms with Crippen molar-refractivity contribution in [3.63, 3.8) is 0 Å². The van der Waals surface area contributed by atoms with Crippen LogP contribution in [0.1, 0.15) is 31.9 Å². The van der Waals surface area contributed by atoms with Gasteiger partial charge in [-0.2, -0.15) is 0 Å². The fourth-order valence-corrected chi connectivity index (χ4v) is 3.53. The third-order valence-corrected chi connectivity index (χ3v) is 5.14. The maximum Gasteiger partial charge on any atom is 0.227 e. The van der Waals surface area contributed by atoms with Crippen LogP contribution in [0, 0.1) is 23.5 Å². The van der Waals surface area contributed by atoms with Crippen molar-refractivity contribution in [1.29, 1.82) is 0 Å². The minimum Gasteiger partial charge on any atom is -0.497 e. The molecule has 1 heterocycles. The van der Waals surface area contributed by atoms with E-state index in [2.05, 4.69) is 5.32 Å². The fourth-order valence-electron chi connectivity index (χ4n) is 3.53. The van der Waals surface area contributed by atoms with Gasteiger partial charge in [-0.05, 0) is 35.7 Å². The highest BCUT2D eigenvalue weighted by atomic mass is 19.1. The monoisotopic (exact) mass is 402 g/mol. The molecule has 1 aliphatic rings. The number of amides is 2. The molecule has 2 aromatic rings. The number of benzene rings is 2. The largest absolute Gasteiger partial charge is 0.497 e. The van der Waals surface area contributed by atoms with Crippen molar-refractivity contribution >= 4 is 17.5 Å². The van der Waals surface area contributed by atoms with Crippen molar-refractivity contribution in [3.8, 4) is 5.75 Å². The highest BCUT2D eigenvalue weighted by molar-refractivity contribution is 6.00. The van der Waals surface area contributed by atoms with Crippen molar-refractivity contribution < 1.29 is 23.1 Å². The van der Waals surface area contributed by atoms with Gasteiger partial charge in [-0.15, -0.1) is 0 Å². The SMILES string of the molecule is COc1ccc(C(NC(=O)C2CC(=O)N(c3ccc(F)cc3F)C2)C(C)C)cc1. The van der Waals surface area contributed by atoms with E-state index in [9.17, 15) is 18.4 Å². The van der Waals surface area contributed by atoms with E-state index in [1.165, 1.54) is 11.0 Å². The van der Waals surface area contributed by atoms with Crippen LogP contribution >= 0.6 is 0 Å². The molecular weight excluding hydrogens is 378 g/mol. The first-order chi connectivity index (χ1) is 13.8. The number of anilines is 1. The van der Waals surface area contributed by atoms with E-state index in [0.29, 0.717) is 0 Å². The van der Waals surface area contributed by atoms with Gasteiger partial charge in [-0.1, -0.05) is 26.0 Å². The molecule has 29 heavy (non-hydrogen) atoms. The molecule has 2 amide bonds. The number of nitrogens with zero attached hydrogens (tertiary/aromatic N) is 1. The number of carbonyl (C=O) groups is 2. The van der Waals surface area contributed by atoms with Gasteiger partial charge < -0.3 is 15.0 Å². The second-order valence-electron chi connectivity index (χ2n) is 7.50. The normalized spacial score (nSPS) is 17.5. The van der Waals surface area contributed by atoms with Gasteiger partial charge in [0.05, 0.1) is 24.8 Å². The molecule has 1 saturated heterocycles. The van der Waals surface area contributed by atoms with Gasteiger partial charge in [0, 0.05) is 19.0 Å². The highest BCUT2D eigenvalue weighted by Gasteiger charge is 2.37. The molecule has 5 nitrogen and oxygen atoms in total. The lowest BCUT2D eigenvalue weighted by molar-refractivity contribution is -0.127. The van der Waals surface area contributed by atoms with Crippen LogP contribution in [0.4, 0.5) is 14.5 Å². The Kier molecular flexibility index (Phi) is 6.15. The first-order valence-corrected chi connectivity index (χ1v) is 9.50. The standard InChI is InChI=1S/C22H24F2N2O3/c1-13(2)21(14-4-7-17(29-3)8-5-14)25-22(28)15-10-20(27)26(12-15)19-9-6-16(23)11-18(19)24/h4-9,11,13,15,21H,10,12H2,1-3H3,(H,25,28). The maximum atomic E-state index is 14.1. The first kappa shape index (κ1) is 20.8. The number of hydrogen-bond donors (Lipinski definition) is 1. The average Bonchev–Trinajstić information content (AvgIpc) is 3.07. The Morgan fingerprint density at radius 2 is 1.86 bits per heavy atom. The van der Waals surface area contributed by atoms with Crippen molar-refractivity contribution in [1.82, 2.24) is 5.32 Å². The Morgan fingerprint density at radius 3 is 2.45 bits per heavy atom. The Balaban J connectivity index is 1.73.